The van der Waals surface area contributed by atoms with Crippen LogP contribution in [0.15, 0.2) is 42.7 Å². The summed E-state index contributed by atoms with van der Waals surface area (Å²) in [5.41, 5.74) is 2.04. The minimum Gasteiger partial charge on any atom is -0.376 e. The van der Waals surface area contributed by atoms with Gasteiger partial charge in [0.05, 0.1) is 11.8 Å². The molecular weight excluding hydrogens is 280 g/mol. The van der Waals surface area contributed by atoms with E-state index in [9.17, 15) is 4.79 Å². The Morgan fingerprint density at radius 2 is 2.18 bits per heavy atom. The summed E-state index contributed by atoms with van der Waals surface area (Å²) < 4.78 is 7.26. The van der Waals surface area contributed by atoms with Gasteiger partial charge in [-0.3, -0.25) is 0 Å². The maximum atomic E-state index is 11.7. The topological polar surface area (TPSA) is 68.2 Å². The van der Waals surface area contributed by atoms with Gasteiger partial charge >= 0.3 is 6.03 Å². The van der Waals surface area contributed by atoms with Crippen LogP contribution in [0.2, 0.25) is 0 Å². The molecular formula is C16H20N4O2. The molecule has 0 spiro atoms. The van der Waals surface area contributed by atoms with Crippen molar-refractivity contribution in [1.82, 2.24) is 20.4 Å². The largest absolute Gasteiger partial charge is 0.376 e. The number of hydrogen-bond donors (Lipinski definition) is 2. The fourth-order valence-electron chi connectivity index (χ4n) is 2.44. The molecule has 116 valence electrons. The Labute approximate surface area is 129 Å². The molecule has 3 rings (SSSR count). The van der Waals surface area contributed by atoms with Gasteiger partial charge in [0.1, 0.15) is 0 Å². The number of amides is 2. The molecule has 1 aromatic heterocycles. The summed E-state index contributed by atoms with van der Waals surface area (Å²) in [7, 11) is 0. The smallest absolute Gasteiger partial charge is 0.315 e. The summed E-state index contributed by atoms with van der Waals surface area (Å²) in [4.78, 5) is 11.7. The second-order valence-electron chi connectivity index (χ2n) is 5.32. The first-order chi connectivity index (χ1) is 10.8. The van der Waals surface area contributed by atoms with Gasteiger partial charge in [0.15, 0.2) is 0 Å². The Kier molecular flexibility index (Phi) is 4.70. The van der Waals surface area contributed by atoms with Crippen molar-refractivity contribution in [3.8, 4) is 5.69 Å². The normalized spacial score (nSPS) is 17.4. The molecule has 1 aliphatic rings. The van der Waals surface area contributed by atoms with E-state index in [2.05, 4.69) is 15.7 Å². The number of urea groups is 1. The minimum atomic E-state index is -0.161. The zero-order chi connectivity index (χ0) is 15.2. The van der Waals surface area contributed by atoms with E-state index in [1.807, 2.05) is 36.5 Å². The minimum absolute atomic E-state index is 0.161. The quantitative estimate of drug-likeness (QED) is 0.885. The molecule has 0 aliphatic carbocycles. The second-order valence-corrected chi connectivity index (χ2v) is 5.32. The fourth-order valence-corrected chi connectivity index (χ4v) is 2.44. The average Bonchev–Trinajstić information content (AvgIpc) is 3.24. The highest BCUT2D eigenvalue weighted by atomic mass is 16.5. The summed E-state index contributed by atoms with van der Waals surface area (Å²) in [6, 6.07) is 9.65. The SMILES string of the molecule is O=C(NCc1ccc(-n2cccn2)cc1)NC[C@H]1CCCO1. The molecule has 6 nitrogen and oxygen atoms in total. The fraction of sp³-hybridized carbons (Fsp3) is 0.375. The van der Waals surface area contributed by atoms with Crippen LogP contribution in [0.1, 0.15) is 18.4 Å². The van der Waals surface area contributed by atoms with Crippen molar-refractivity contribution in [3.63, 3.8) is 0 Å². The summed E-state index contributed by atoms with van der Waals surface area (Å²) in [5.74, 6) is 0. The molecule has 1 saturated heterocycles. The van der Waals surface area contributed by atoms with Crippen LogP contribution in [0.5, 0.6) is 0 Å². The number of carbonyl (C=O) groups is 1. The van der Waals surface area contributed by atoms with E-state index in [1.54, 1.807) is 10.9 Å². The van der Waals surface area contributed by atoms with Crippen molar-refractivity contribution in [1.29, 1.82) is 0 Å². The molecule has 0 bridgehead atoms. The Morgan fingerprint density at radius 1 is 1.32 bits per heavy atom. The van der Waals surface area contributed by atoms with Gasteiger partial charge in [0.2, 0.25) is 0 Å². The summed E-state index contributed by atoms with van der Waals surface area (Å²) >= 11 is 0. The molecule has 22 heavy (non-hydrogen) atoms. The third-order valence-electron chi connectivity index (χ3n) is 3.67. The van der Waals surface area contributed by atoms with Crippen LogP contribution in [-0.4, -0.2) is 35.1 Å². The van der Waals surface area contributed by atoms with Gasteiger partial charge in [-0.05, 0) is 36.6 Å². The monoisotopic (exact) mass is 300 g/mol. The number of aromatic nitrogens is 2. The molecule has 0 radical (unpaired) electrons. The van der Waals surface area contributed by atoms with Gasteiger partial charge in [-0.25, -0.2) is 9.48 Å². The predicted molar refractivity (Wildman–Crippen MR) is 82.8 cm³/mol. The lowest BCUT2D eigenvalue weighted by Crippen LogP contribution is -2.39. The van der Waals surface area contributed by atoms with Crippen molar-refractivity contribution in [2.75, 3.05) is 13.2 Å². The zero-order valence-corrected chi connectivity index (χ0v) is 12.4. The van der Waals surface area contributed by atoms with Gasteiger partial charge in [-0.2, -0.15) is 5.10 Å². The second kappa shape index (κ2) is 7.09. The van der Waals surface area contributed by atoms with Crippen molar-refractivity contribution in [2.45, 2.75) is 25.5 Å². The van der Waals surface area contributed by atoms with Crippen LogP contribution in [-0.2, 0) is 11.3 Å². The Bertz CT molecular complexity index is 589. The third kappa shape index (κ3) is 3.85. The maximum Gasteiger partial charge on any atom is 0.315 e. The molecule has 1 aromatic carbocycles. The number of rotatable bonds is 5. The number of hydrogen-bond acceptors (Lipinski definition) is 3. The van der Waals surface area contributed by atoms with Gasteiger partial charge in [0.25, 0.3) is 0 Å². The van der Waals surface area contributed by atoms with E-state index in [-0.39, 0.29) is 12.1 Å². The zero-order valence-electron chi connectivity index (χ0n) is 12.4. The van der Waals surface area contributed by atoms with Crippen LogP contribution >= 0.6 is 0 Å². The highest BCUT2D eigenvalue weighted by Crippen LogP contribution is 2.10. The molecule has 2 heterocycles. The Balaban J connectivity index is 1.43. The predicted octanol–water partition coefficient (Wildman–Crippen LogP) is 1.85. The number of nitrogens with one attached hydrogen (secondary N) is 2. The molecule has 2 N–H and O–H groups in total. The van der Waals surface area contributed by atoms with E-state index in [0.29, 0.717) is 13.1 Å². The van der Waals surface area contributed by atoms with Crippen LogP contribution in [0.4, 0.5) is 4.79 Å². The van der Waals surface area contributed by atoms with Crippen molar-refractivity contribution >= 4 is 6.03 Å². The van der Waals surface area contributed by atoms with E-state index >= 15 is 0 Å². The first-order valence-corrected chi connectivity index (χ1v) is 7.53. The lowest BCUT2D eigenvalue weighted by atomic mass is 10.2. The van der Waals surface area contributed by atoms with E-state index in [4.69, 9.17) is 4.74 Å². The first-order valence-electron chi connectivity index (χ1n) is 7.53. The van der Waals surface area contributed by atoms with E-state index in [0.717, 1.165) is 30.7 Å². The number of ether oxygens (including phenoxy) is 1. The highest BCUT2D eigenvalue weighted by molar-refractivity contribution is 5.73. The molecule has 2 amide bonds. The van der Waals surface area contributed by atoms with Crippen LogP contribution < -0.4 is 10.6 Å². The summed E-state index contributed by atoms with van der Waals surface area (Å²) in [6.45, 7) is 1.87. The lowest BCUT2D eigenvalue weighted by molar-refractivity contribution is 0.111. The van der Waals surface area contributed by atoms with E-state index < -0.39 is 0 Å². The van der Waals surface area contributed by atoms with Crippen LogP contribution in [0.25, 0.3) is 5.69 Å². The summed E-state index contributed by atoms with van der Waals surface area (Å²) in [6.07, 6.45) is 5.91. The first kappa shape index (κ1) is 14.6. The van der Waals surface area contributed by atoms with Gasteiger partial charge in [0, 0.05) is 32.1 Å². The standard InChI is InChI=1S/C16H20N4O2/c21-16(18-12-15-3-1-10-22-15)17-11-13-4-6-14(7-5-13)20-9-2-8-19-20/h2,4-9,15H,1,3,10-12H2,(H2,17,18,21)/t15-/m1/s1. The van der Waals surface area contributed by atoms with Crippen molar-refractivity contribution in [2.24, 2.45) is 0 Å². The lowest BCUT2D eigenvalue weighted by Gasteiger charge is -2.12. The molecule has 1 atom stereocenters. The molecule has 0 saturated carbocycles. The third-order valence-corrected chi connectivity index (χ3v) is 3.67. The Morgan fingerprint density at radius 3 is 2.86 bits per heavy atom. The maximum absolute atomic E-state index is 11.7. The summed E-state index contributed by atoms with van der Waals surface area (Å²) in [5, 5.41) is 9.87. The van der Waals surface area contributed by atoms with Crippen LogP contribution in [0, 0.1) is 0 Å². The van der Waals surface area contributed by atoms with Gasteiger partial charge < -0.3 is 15.4 Å². The molecule has 1 fully saturated rings. The highest BCUT2D eigenvalue weighted by Gasteiger charge is 2.15. The molecule has 6 heteroatoms. The van der Waals surface area contributed by atoms with E-state index in [1.165, 1.54) is 0 Å². The molecule has 0 unspecified atom stereocenters. The van der Waals surface area contributed by atoms with Crippen molar-refractivity contribution in [3.05, 3.63) is 48.3 Å². The van der Waals surface area contributed by atoms with Gasteiger partial charge in [-0.1, -0.05) is 12.1 Å². The number of benzene rings is 1. The molecule has 1 aliphatic heterocycles. The van der Waals surface area contributed by atoms with Crippen molar-refractivity contribution < 1.29 is 9.53 Å². The average molecular weight is 300 g/mol. The van der Waals surface area contributed by atoms with Crippen LogP contribution in [0.3, 0.4) is 0 Å². The number of nitrogens with zero attached hydrogens (tertiary/aromatic N) is 2. The molecule has 2 aromatic rings. The number of carbonyl (C=O) groups excluding carboxylic acids is 1. The van der Waals surface area contributed by atoms with Gasteiger partial charge in [-0.15, -0.1) is 0 Å². The Hall–Kier alpha value is -2.34.